The van der Waals surface area contributed by atoms with E-state index in [1.807, 2.05) is 6.92 Å². The lowest BCUT2D eigenvalue weighted by atomic mass is 10.1. The second-order valence-corrected chi connectivity index (χ2v) is 4.64. The summed E-state index contributed by atoms with van der Waals surface area (Å²) in [6.07, 6.45) is 1.22. The molecule has 0 radical (unpaired) electrons. The molecule has 1 rings (SSSR count). The van der Waals surface area contributed by atoms with Crippen molar-refractivity contribution in [3.05, 3.63) is 28.8 Å². The lowest BCUT2D eigenvalue weighted by molar-refractivity contribution is -0.146. The molecule has 0 aliphatic carbocycles. The van der Waals surface area contributed by atoms with Gasteiger partial charge >= 0.3 is 5.97 Å². The molecule has 0 unspecified atom stereocenters. The Kier molecular flexibility index (Phi) is 6.67. The first kappa shape index (κ1) is 15.8. The zero-order chi connectivity index (χ0) is 14.3. The Bertz CT molecular complexity index is 418. The molecule has 4 nitrogen and oxygen atoms in total. The van der Waals surface area contributed by atoms with Gasteiger partial charge in [-0.25, -0.2) is 4.79 Å². The molecule has 1 aromatic rings. The highest BCUT2D eigenvalue weighted by atomic mass is 35.5. The molecule has 1 N–H and O–H groups in total. The summed E-state index contributed by atoms with van der Waals surface area (Å²) in [5, 5.41) is 9.76. The summed E-state index contributed by atoms with van der Waals surface area (Å²) >= 11 is 6.00. The molecule has 0 saturated heterocycles. The van der Waals surface area contributed by atoms with Gasteiger partial charge in [0.2, 0.25) is 0 Å². The van der Waals surface area contributed by atoms with Gasteiger partial charge in [-0.1, -0.05) is 31.0 Å². The van der Waals surface area contributed by atoms with E-state index in [9.17, 15) is 9.90 Å². The molecule has 0 saturated carbocycles. The summed E-state index contributed by atoms with van der Waals surface area (Å²) in [5.74, 6) is -0.0115. The van der Waals surface area contributed by atoms with Gasteiger partial charge in [-0.15, -0.1) is 0 Å². The first-order valence-corrected chi connectivity index (χ1v) is 6.68. The van der Waals surface area contributed by atoms with Gasteiger partial charge in [0, 0.05) is 0 Å². The zero-order valence-electron chi connectivity index (χ0n) is 11.2. The maximum atomic E-state index is 11.3. The fraction of sp³-hybridized carbons (Fsp3) is 0.500. The number of carbonyl (C=O) groups is 1. The molecule has 0 aromatic heterocycles. The first-order chi connectivity index (χ1) is 9.04. The van der Waals surface area contributed by atoms with Crippen LogP contribution in [0.25, 0.3) is 0 Å². The van der Waals surface area contributed by atoms with E-state index in [2.05, 4.69) is 0 Å². The first-order valence-electron chi connectivity index (χ1n) is 6.30. The van der Waals surface area contributed by atoms with E-state index in [4.69, 9.17) is 21.1 Å². The smallest absolute Gasteiger partial charge is 0.344 e. The van der Waals surface area contributed by atoms with Gasteiger partial charge < -0.3 is 14.6 Å². The van der Waals surface area contributed by atoms with Crippen LogP contribution in [0.15, 0.2) is 18.2 Å². The van der Waals surface area contributed by atoms with Crippen LogP contribution in [0.5, 0.6) is 5.75 Å². The van der Waals surface area contributed by atoms with Gasteiger partial charge in [0.25, 0.3) is 0 Å². The molecule has 19 heavy (non-hydrogen) atoms. The maximum Gasteiger partial charge on any atom is 0.344 e. The number of hydrogen-bond donors (Lipinski definition) is 1. The Morgan fingerprint density at radius 3 is 2.79 bits per heavy atom. The zero-order valence-corrected chi connectivity index (χ0v) is 11.9. The summed E-state index contributed by atoms with van der Waals surface area (Å²) < 4.78 is 10.2. The summed E-state index contributed by atoms with van der Waals surface area (Å²) in [6.45, 7) is 3.91. The predicted molar refractivity (Wildman–Crippen MR) is 73.4 cm³/mol. The van der Waals surface area contributed by atoms with Crippen molar-refractivity contribution in [1.29, 1.82) is 0 Å². The number of aliphatic hydroxyl groups excluding tert-OH is 1. The molecule has 0 aliphatic rings. The number of halogens is 1. The van der Waals surface area contributed by atoms with Crippen LogP contribution in [0.4, 0.5) is 0 Å². The third kappa shape index (κ3) is 5.49. The van der Waals surface area contributed by atoms with Gasteiger partial charge in [0.15, 0.2) is 6.61 Å². The van der Waals surface area contributed by atoms with Gasteiger partial charge in [-0.05, 0) is 31.0 Å². The van der Waals surface area contributed by atoms with Crippen LogP contribution in [0.3, 0.4) is 0 Å². The Morgan fingerprint density at radius 1 is 1.47 bits per heavy atom. The average molecular weight is 287 g/mol. The summed E-state index contributed by atoms with van der Waals surface area (Å²) in [5.41, 5.74) is 0.697. The van der Waals surface area contributed by atoms with E-state index in [0.717, 1.165) is 12.8 Å². The van der Waals surface area contributed by atoms with E-state index >= 15 is 0 Å². The van der Waals surface area contributed by atoms with Gasteiger partial charge in [0.1, 0.15) is 5.75 Å². The molecule has 0 amide bonds. The molecular weight excluding hydrogens is 268 g/mol. The van der Waals surface area contributed by atoms with Crippen molar-refractivity contribution in [3.8, 4) is 5.75 Å². The summed E-state index contributed by atoms with van der Waals surface area (Å²) in [4.78, 5) is 11.3. The molecule has 0 bridgehead atoms. The van der Waals surface area contributed by atoms with Crippen molar-refractivity contribution in [2.75, 3.05) is 13.2 Å². The van der Waals surface area contributed by atoms with Crippen molar-refractivity contribution in [1.82, 2.24) is 0 Å². The van der Waals surface area contributed by atoms with Crippen LogP contribution in [0, 0.1) is 0 Å². The van der Waals surface area contributed by atoms with Crippen molar-refractivity contribution >= 4 is 17.6 Å². The number of carbonyl (C=O) groups excluding carboxylic acids is 1. The number of benzene rings is 1. The van der Waals surface area contributed by atoms with Gasteiger partial charge in [-0.2, -0.15) is 0 Å². The molecular formula is C14H19ClO4. The third-order valence-corrected chi connectivity index (χ3v) is 2.84. The minimum absolute atomic E-state index is 0.169. The highest BCUT2D eigenvalue weighted by Gasteiger charge is 2.09. The van der Waals surface area contributed by atoms with E-state index in [1.165, 1.54) is 0 Å². The fourth-order valence-electron chi connectivity index (χ4n) is 1.40. The van der Waals surface area contributed by atoms with Crippen molar-refractivity contribution in [2.24, 2.45) is 0 Å². The molecule has 1 atom stereocenters. The van der Waals surface area contributed by atoms with Crippen molar-refractivity contribution in [3.63, 3.8) is 0 Å². The largest absolute Gasteiger partial charge is 0.480 e. The lowest BCUT2D eigenvalue weighted by Crippen LogP contribution is -2.15. The molecule has 106 valence electrons. The number of hydrogen-bond acceptors (Lipinski definition) is 4. The Morgan fingerprint density at radius 2 is 2.21 bits per heavy atom. The van der Waals surface area contributed by atoms with Crippen LogP contribution in [0.2, 0.25) is 5.02 Å². The minimum Gasteiger partial charge on any atom is -0.480 e. The predicted octanol–water partition coefficient (Wildman–Crippen LogP) is 3.12. The normalized spacial score (nSPS) is 12.0. The Balaban J connectivity index is 2.47. The van der Waals surface area contributed by atoms with Gasteiger partial charge in [0.05, 0.1) is 17.7 Å². The quantitative estimate of drug-likeness (QED) is 0.618. The third-order valence-electron chi connectivity index (χ3n) is 2.54. The highest BCUT2D eigenvalue weighted by molar-refractivity contribution is 6.32. The van der Waals surface area contributed by atoms with E-state index in [1.54, 1.807) is 25.1 Å². The van der Waals surface area contributed by atoms with E-state index in [0.29, 0.717) is 22.9 Å². The molecule has 0 spiro atoms. The minimum atomic E-state index is -0.592. The monoisotopic (exact) mass is 286 g/mol. The number of ether oxygens (including phenoxy) is 2. The van der Waals surface area contributed by atoms with E-state index < -0.39 is 12.1 Å². The lowest BCUT2D eigenvalue weighted by Gasteiger charge is -2.10. The average Bonchev–Trinajstić information content (AvgIpc) is 2.37. The second kappa shape index (κ2) is 8.02. The topological polar surface area (TPSA) is 55.8 Å². The van der Waals surface area contributed by atoms with Crippen LogP contribution in [0.1, 0.15) is 38.4 Å². The molecule has 1 aromatic carbocycles. The van der Waals surface area contributed by atoms with Gasteiger partial charge in [-0.3, -0.25) is 0 Å². The number of aliphatic hydroxyl groups is 1. The molecule has 0 aliphatic heterocycles. The Labute approximate surface area is 118 Å². The Hall–Kier alpha value is -1.26. The number of rotatable bonds is 7. The van der Waals surface area contributed by atoms with Crippen LogP contribution < -0.4 is 4.74 Å². The molecule has 0 fully saturated rings. The number of esters is 1. The molecule has 5 heteroatoms. The van der Waals surface area contributed by atoms with Crippen LogP contribution in [-0.2, 0) is 9.53 Å². The fourth-order valence-corrected chi connectivity index (χ4v) is 1.65. The SMILES string of the molecule is CCCCOC(=O)COc1ccc([C@H](C)O)cc1Cl. The summed E-state index contributed by atoms with van der Waals surface area (Å²) in [7, 11) is 0. The second-order valence-electron chi connectivity index (χ2n) is 4.23. The number of unbranched alkanes of at least 4 members (excludes halogenated alkanes) is 1. The van der Waals surface area contributed by atoms with Crippen LogP contribution in [-0.4, -0.2) is 24.3 Å². The molecule has 0 heterocycles. The van der Waals surface area contributed by atoms with E-state index in [-0.39, 0.29) is 6.61 Å². The van der Waals surface area contributed by atoms with Crippen molar-refractivity contribution < 1.29 is 19.4 Å². The van der Waals surface area contributed by atoms with Crippen molar-refractivity contribution in [2.45, 2.75) is 32.8 Å². The maximum absolute atomic E-state index is 11.3. The van der Waals surface area contributed by atoms with Crippen LogP contribution >= 0.6 is 11.6 Å². The standard InChI is InChI=1S/C14H19ClO4/c1-3-4-7-18-14(17)9-19-13-6-5-11(10(2)16)8-12(13)15/h5-6,8,10,16H,3-4,7,9H2,1-2H3/t10-/m0/s1. The summed E-state index contributed by atoms with van der Waals surface area (Å²) in [6, 6.07) is 4.95. The highest BCUT2D eigenvalue weighted by Crippen LogP contribution is 2.27.